The molecule has 23 heavy (non-hydrogen) atoms. The van der Waals surface area contributed by atoms with Gasteiger partial charge < -0.3 is 11.1 Å². The van der Waals surface area contributed by atoms with Crippen molar-refractivity contribution < 1.29 is 0 Å². The highest BCUT2D eigenvalue weighted by Gasteiger charge is 2.31. The number of piperidine rings is 1. The van der Waals surface area contributed by atoms with E-state index in [1.54, 1.807) is 0 Å². The average Bonchev–Trinajstić information content (AvgIpc) is 2.97. The van der Waals surface area contributed by atoms with E-state index in [0.717, 1.165) is 19.0 Å². The van der Waals surface area contributed by atoms with Crippen LogP contribution in [0.5, 0.6) is 0 Å². The molecule has 6 heteroatoms. The number of thiophene rings is 1. The fourth-order valence-electron chi connectivity index (χ4n) is 3.58. The lowest BCUT2D eigenvalue weighted by Crippen LogP contribution is -2.43. The van der Waals surface area contributed by atoms with Crippen LogP contribution in [0.15, 0.2) is 22.5 Å². The number of aliphatic imine (C=N–C) groups is 1. The number of nitrogens with two attached hydrogens (primary N) is 1. The average molecular weight is 448 g/mol. The first-order valence-corrected chi connectivity index (χ1v) is 9.39. The Morgan fingerprint density at radius 1 is 1.39 bits per heavy atom. The maximum Gasteiger partial charge on any atom is 0.188 e. The third kappa shape index (κ3) is 5.06. The largest absolute Gasteiger partial charge is 0.370 e. The second kappa shape index (κ2) is 9.22. The molecule has 130 valence electrons. The van der Waals surface area contributed by atoms with Crippen LogP contribution < -0.4 is 11.1 Å². The van der Waals surface area contributed by atoms with Gasteiger partial charge in [-0.05, 0) is 62.6 Å². The molecular weight excluding hydrogens is 419 g/mol. The molecule has 0 bridgehead atoms. The molecule has 2 aliphatic rings. The molecule has 2 atom stereocenters. The van der Waals surface area contributed by atoms with Crippen LogP contribution in [0, 0.1) is 11.8 Å². The number of nitrogens with zero attached hydrogens (tertiary/aromatic N) is 2. The molecule has 1 aromatic rings. The van der Waals surface area contributed by atoms with E-state index in [1.165, 1.54) is 43.5 Å². The van der Waals surface area contributed by atoms with Crippen LogP contribution in [-0.4, -0.2) is 37.5 Å². The number of likely N-dealkylation sites (tertiary alicyclic amines) is 1. The molecule has 0 amide bonds. The maximum atomic E-state index is 6.04. The topological polar surface area (TPSA) is 53.6 Å². The summed E-state index contributed by atoms with van der Waals surface area (Å²) in [5, 5.41) is 5.55. The molecule has 1 aromatic heterocycles. The highest BCUT2D eigenvalue weighted by molar-refractivity contribution is 14.0. The first-order valence-electron chi connectivity index (χ1n) is 8.51. The summed E-state index contributed by atoms with van der Waals surface area (Å²) < 4.78 is 0. The Balaban J connectivity index is 0.00000192. The summed E-state index contributed by atoms with van der Waals surface area (Å²) >= 11 is 1.87. The summed E-state index contributed by atoms with van der Waals surface area (Å²) in [5.74, 6) is 2.01. The maximum absolute atomic E-state index is 6.04. The zero-order valence-corrected chi connectivity index (χ0v) is 17.1. The molecule has 4 nitrogen and oxygen atoms in total. The second-order valence-electron chi connectivity index (χ2n) is 6.75. The highest BCUT2D eigenvalue weighted by Crippen LogP contribution is 2.36. The standard InChI is InChI=1S/C17H28N4S.HI/c1-21-9-3-7-14(16(21)15-8-4-10-22-15)12-20-17(18)19-11-13-5-2-6-13;/h4,8,10,13-14,16H,2-3,5-7,9,11-12H2,1H3,(H3,18,19,20);1H. The van der Waals surface area contributed by atoms with Gasteiger partial charge >= 0.3 is 0 Å². The van der Waals surface area contributed by atoms with Gasteiger partial charge in [0.2, 0.25) is 0 Å². The lowest BCUT2D eigenvalue weighted by molar-refractivity contribution is 0.125. The van der Waals surface area contributed by atoms with Gasteiger partial charge in [0.25, 0.3) is 0 Å². The SMILES string of the molecule is CN1CCCC(CNC(N)=NCC2CCC2)C1c1cccs1.I. The zero-order valence-electron chi connectivity index (χ0n) is 13.9. The molecule has 1 aliphatic heterocycles. The molecule has 3 N–H and O–H groups in total. The third-order valence-electron chi connectivity index (χ3n) is 5.13. The van der Waals surface area contributed by atoms with Gasteiger partial charge in [-0.3, -0.25) is 9.89 Å². The van der Waals surface area contributed by atoms with Gasteiger partial charge in [-0.25, -0.2) is 0 Å². The monoisotopic (exact) mass is 448 g/mol. The lowest BCUT2D eigenvalue weighted by Gasteiger charge is -2.39. The van der Waals surface area contributed by atoms with Crippen LogP contribution in [0.4, 0.5) is 0 Å². The van der Waals surface area contributed by atoms with Crippen molar-refractivity contribution >= 4 is 41.3 Å². The van der Waals surface area contributed by atoms with Crippen LogP contribution in [0.25, 0.3) is 0 Å². The van der Waals surface area contributed by atoms with Crippen LogP contribution in [0.1, 0.15) is 43.0 Å². The van der Waals surface area contributed by atoms with Gasteiger partial charge in [-0.15, -0.1) is 35.3 Å². The van der Waals surface area contributed by atoms with E-state index in [4.69, 9.17) is 5.73 Å². The summed E-state index contributed by atoms with van der Waals surface area (Å²) in [4.78, 5) is 8.47. The molecule has 0 spiro atoms. The number of hydrogen-bond donors (Lipinski definition) is 2. The first-order chi connectivity index (χ1) is 10.7. The minimum absolute atomic E-state index is 0. The van der Waals surface area contributed by atoms with Gasteiger partial charge in [0.15, 0.2) is 5.96 Å². The normalized spacial score (nSPS) is 26.4. The van der Waals surface area contributed by atoms with Crippen LogP contribution in [0.3, 0.4) is 0 Å². The van der Waals surface area contributed by atoms with Crippen molar-refractivity contribution in [1.29, 1.82) is 0 Å². The van der Waals surface area contributed by atoms with E-state index in [2.05, 4.69) is 39.8 Å². The predicted molar refractivity (Wildman–Crippen MR) is 110 cm³/mol. The molecular formula is C17H29IN4S. The Morgan fingerprint density at radius 3 is 2.87 bits per heavy atom. The molecule has 2 unspecified atom stereocenters. The lowest BCUT2D eigenvalue weighted by atomic mass is 9.86. The minimum atomic E-state index is 0. The summed E-state index contributed by atoms with van der Waals surface area (Å²) in [7, 11) is 2.24. The van der Waals surface area contributed by atoms with Crippen molar-refractivity contribution in [3.05, 3.63) is 22.4 Å². The molecule has 1 aliphatic carbocycles. The van der Waals surface area contributed by atoms with E-state index < -0.39 is 0 Å². The van der Waals surface area contributed by atoms with Crippen molar-refractivity contribution in [3.8, 4) is 0 Å². The summed E-state index contributed by atoms with van der Waals surface area (Å²) in [6.07, 6.45) is 6.54. The van der Waals surface area contributed by atoms with E-state index in [-0.39, 0.29) is 24.0 Å². The number of halogens is 1. The van der Waals surface area contributed by atoms with Gasteiger partial charge in [-0.1, -0.05) is 12.5 Å². The number of hydrogen-bond acceptors (Lipinski definition) is 3. The van der Waals surface area contributed by atoms with Gasteiger partial charge in [0.1, 0.15) is 0 Å². The fourth-order valence-corrected chi connectivity index (χ4v) is 4.56. The minimum Gasteiger partial charge on any atom is -0.370 e. The third-order valence-corrected chi connectivity index (χ3v) is 6.07. The molecule has 2 heterocycles. The van der Waals surface area contributed by atoms with Gasteiger partial charge in [0, 0.05) is 24.0 Å². The molecule has 2 fully saturated rings. The van der Waals surface area contributed by atoms with Crippen LogP contribution in [-0.2, 0) is 0 Å². The summed E-state index contributed by atoms with van der Waals surface area (Å²) in [6, 6.07) is 4.93. The fraction of sp³-hybridized carbons (Fsp3) is 0.706. The smallest absolute Gasteiger partial charge is 0.188 e. The van der Waals surface area contributed by atoms with E-state index in [9.17, 15) is 0 Å². The predicted octanol–water partition coefficient (Wildman–Crippen LogP) is 3.45. The van der Waals surface area contributed by atoms with Crippen molar-refractivity contribution in [2.75, 3.05) is 26.7 Å². The number of nitrogens with one attached hydrogen (secondary N) is 1. The van der Waals surface area contributed by atoms with E-state index >= 15 is 0 Å². The Labute approximate surface area is 160 Å². The zero-order chi connectivity index (χ0) is 15.4. The second-order valence-corrected chi connectivity index (χ2v) is 7.73. The van der Waals surface area contributed by atoms with Crippen LogP contribution >= 0.6 is 35.3 Å². The van der Waals surface area contributed by atoms with Crippen LogP contribution in [0.2, 0.25) is 0 Å². The first kappa shape index (κ1) is 19.0. The molecule has 0 aromatic carbocycles. The summed E-state index contributed by atoms with van der Waals surface area (Å²) in [5.41, 5.74) is 6.04. The Morgan fingerprint density at radius 2 is 2.22 bits per heavy atom. The van der Waals surface area contributed by atoms with E-state index in [0.29, 0.717) is 17.9 Å². The van der Waals surface area contributed by atoms with Crippen molar-refractivity contribution in [3.63, 3.8) is 0 Å². The highest BCUT2D eigenvalue weighted by atomic mass is 127. The quantitative estimate of drug-likeness (QED) is 0.412. The number of guanidine groups is 1. The summed E-state index contributed by atoms with van der Waals surface area (Å²) in [6.45, 7) is 3.01. The van der Waals surface area contributed by atoms with Gasteiger partial charge in [-0.2, -0.15) is 0 Å². The Bertz CT molecular complexity index is 487. The van der Waals surface area contributed by atoms with Gasteiger partial charge in [0.05, 0.1) is 0 Å². The Hall–Kier alpha value is -0.340. The molecule has 1 saturated carbocycles. The molecule has 0 radical (unpaired) electrons. The van der Waals surface area contributed by atoms with E-state index in [1.807, 2.05) is 11.3 Å². The van der Waals surface area contributed by atoms with Crippen molar-refractivity contribution in [1.82, 2.24) is 10.2 Å². The van der Waals surface area contributed by atoms with Crippen molar-refractivity contribution in [2.24, 2.45) is 22.6 Å². The Kier molecular flexibility index (Phi) is 7.62. The van der Waals surface area contributed by atoms with Crippen molar-refractivity contribution in [2.45, 2.75) is 38.1 Å². The molecule has 1 saturated heterocycles. The number of rotatable bonds is 5. The molecule has 3 rings (SSSR count).